The number of rotatable bonds is 2. The van der Waals surface area contributed by atoms with Crippen LogP contribution >= 0.6 is 0 Å². The fraction of sp³-hybridized carbons (Fsp3) is 0.0556. The lowest BCUT2D eigenvalue weighted by molar-refractivity contribution is -0.642. The van der Waals surface area contributed by atoms with Crippen LogP contribution in [0.15, 0.2) is 48.5 Å². The monoisotopic (exact) mass is 367 g/mol. The number of quaternary nitrogens is 1. The number of hydrogen-bond acceptors (Lipinski definition) is 6. The number of aliphatic carboxylic acids is 1. The van der Waals surface area contributed by atoms with Gasteiger partial charge in [0.05, 0.1) is 11.1 Å². The van der Waals surface area contributed by atoms with Gasteiger partial charge in [-0.05, 0) is 12.1 Å². The van der Waals surface area contributed by atoms with Crippen LogP contribution in [0.4, 0.5) is 0 Å². The van der Waals surface area contributed by atoms with Crippen molar-refractivity contribution < 1.29 is 33.0 Å². The van der Waals surface area contributed by atoms with Crippen LogP contribution in [-0.2, 0) is 17.6 Å². The molecule has 2 aromatic carbocycles. The molecule has 0 aromatic heterocycles. The summed E-state index contributed by atoms with van der Waals surface area (Å²) in [4.78, 5) is 64.1. The Hall–Kier alpha value is -3.10. The van der Waals surface area contributed by atoms with Crippen LogP contribution in [0.25, 0.3) is 0 Å². The molecule has 0 saturated carbocycles. The number of Topliss-reactive ketones (excluding diaryl/α,β-unsaturated/α-hetero) is 2. The second kappa shape index (κ2) is 4.96. The minimum atomic E-state index is -3.05. The standard InChI is InChI=1S/C18H9NO6S/c20-13-9-5-1-2-6-10(9)14(21)18(13,17(24)25)19(26)15(22)11-7-3-4-8-12(11)16(19)23/h1-8H,(H,24,25). The van der Waals surface area contributed by atoms with Crippen LogP contribution in [0, 0.1) is 0 Å². The maximum Gasteiger partial charge on any atom is 0.382 e. The van der Waals surface area contributed by atoms with E-state index in [2.05, 4.69) is 0 Å². The van der Waals surface area contributed by atoms with Gasteiger partial charge in [-0.15, -0.1) is 0 Å². The van der Waals surface area contributed by atoms with Gasteiger partial charge in [-0.25, -0.2) is 14.4 Å². The number of imide groups is 1. The molecule has 2 aromatic rings. The summed E-state index contributed by atoms with van der Waals surface area (Å²) in [5, 5.41) is 9.89. The van der Waals surface area contributed by atoms with Gasteiger partial charge in [-0.2, -0.15) is 0 Å². The predicted molar refractivity (Wildman–Crippen MR) is 88.2 cm³/mol. The molecule has 2 aliphatic rings. The Morgan fingerprint density at radius 3 is 1.46 bits per heavy atom. The van der Waals surface area contributed by atoms with Gasteiger partial charge in [0.25, 0.3) is 0 Å². The highest BCUT2D eigenvalue weighted by atomic mass is 32.1. The van der Waals surface area contributed by atoms with Crippen molar-refractivity contribution in [1.82, 2.24) is 0 Å². The summed E-state index contributed by atoms with van der Waals surface area (Å²) < 4.78 is -1.88. The van der Waals surface area contributed by atoms with Gasteiger partial charge in [-0.1, -0.05) is 36.4 Å². The lowest BCUT2D eigenvalue weighted by atomic mass is 9.90. The predicted octanol–water partition coefficient (Wildman–Crippen LogP) is 1.16. The fourth-order valence-electron chi connectivity index (χ4n) is 3.58. The Labute approximate surface area is 152 Å². The zero-order valence-electron chi connectivity index (χ0n) is 13.0. The molecule has 1 heterocycles. The van der Waals surface area contributed by atoms with E-state index in [0.717, 1.165) is 0 Å². The Morgan fingerprint density at radius 2 is 1.12 bits per heavy atom. The first-order chi connectivity index (χ1) is 12.3. The van der Waals surface area contributed by atoms with Crippen molar-refractivity contribution in [2.24, 2.45) is 0 Å². The van der Waals surface area contributed by atoms with Crippen LogP contribution in [0.3, 0.4) is 0 Å². The van der Waals surface area contributed by atoms with E-state index in [4.69, 9.17) is 12.8 Å². The molecule has 128 valence electrons. The third-order valence-electron chi connectivity index (χ3n) is 4.82. The van der Waals surface area contributed by atoms with Crippen molar-refractivity contribution in [3.63, 3.8) is 0 Å². The molecular weight excluding hydrogens is 358 g/mol. The number of fused-ring (bicyclic) bond motifs is 2. The first-order valence-electron chi connectivity index (χ1n) is 7.50. The lowest BCUT2D eigenvalue weighted by Crippen LogP contribution is -2.73. The summed E-state index contributed by atoms with van der Waals surface area (Å²) >= 11 is 5.18. The first kappa shape index (κ1) is 16.4. The number of ketones is 2. The number of amides is 2. The largest absolute Gasteiger partial charge is 0.476 e. The minimum Gasteiger partial charge on any atom is -0.476 e. The number of carboxylic acids is 1. The maximum atomic E-state index is 13.0. The third-order valence-corrected chi connectivity index (χ3v) is 5.42. The summed E-state index contributed by atoms with van der Waals surface area (Å²) in [6, 6.07) is 11.1. The van der Waals surface area contributed by atoms with Crippen molar-refractivity contribution in [3.8, 4) is 0 Å². The summed E-state index contributed by atoms with van der Waals surface area (Å²) in [6.07, 6.45) is 0. The van der Waals surface area contributed by atoms with E-state index in [1.807, 2.05) is 0 Å². The Balaban J connectivity index is 2.06. The SMILES string of the molecule is O=C(O)C1([N+]2([S-])C(=O)c3ccccc3C2=O)C(=O)c2ccccc2C1=O. The summed E-state index contributed by atoms with van der Waals surface area (Å²) in [5.74, 6) is -6.38. The van der Waals surface area contributed by atoms with Gasteiger partial charge >= 0.3 is 23.3 Å². The molecule has 0 atom stereocenters. The molecule has 1 N–H and O–H groups in total. The second-order valence-corrected chi connectivity index (χ2v) is 6.53. The van der Waals surface area contributed by atoms with Gasteiger partial charge in [-0.3, -0.25) is 13.5 Å². The van der Waals surface area contributed by atoms with E-state index in [0.29, 0.717) is 0 Å². The van der Waals surface area contributed by atoms with Crippen LogP contribution in [0.5, 0.6) is 0 Å². The van der Waals surface area contributed by atoms with Crippen LogP contribution in [0.2, 0.25) is 0 Å². The van der Waals surface area contributed by atoms with Crippen molar-refractivity contribution in [2.45, 2.75) is 5.54 Å². The summed E-state index contributed by atoms with van der Waals surface area (Å²) in [5.41, 5.74) is -3.60. The zero-order chi connectivity index (χ0) is 18.9. The van der Waals surface area contributed by atoms with Crippen molar-refractivity contribution in [2.75, 3.05) is 0 Å². The van der Waals surface area contributed by atoms with Crippen LogP contribution < -0.4 is 0 Å². The fourth-order valence-corrected chi connectivity index (χ4v) is 4.02. The number of carboxylic acid groups (broad SMARTS) is 1. The number of nitrogens with zero attached hydrogens (tertiary/aromatic N) is 1. The number of carbonyl (C=O) groups excluding carboxylic acids is 4. The van der Waals surface area contributed by atoms with Crippen molar-refractivity contribution in [3.05, 3.63) is 70.8 Å². The number of benzene rings is 2. The molecular formula is C18H9NO6S. The average molecular weight is 367 g/mol. The molecule has 2 amide bonds. The highest BCUT2D eigenvalue weighted by molar-refractivity contribution is 7.53. The van der Waals surface area contributed by atoms with E-state index < -0.39 is 38.8 Å². The average Bonchev–Trinajstić information content (AvgIpc) is 2.99. The molecule has 4 rings (SSSR count). The van der Waals surface area contributed by atoms with E-state index in [-0.39, 0.29) is 22.3 Å². The molecule has 0 radical (unpaired) electrons. The zero-order valence-corrected chi connectivity index (χ0v) is 13.8. The topological polar surface area (TPSA) is 106 Å². The molecule has 26 heavy (non-hydrogen) atoms. The molecule has 1 aliphatic heterocycles. The highest BCUT2D eigenvalue weighted by Crippen LogP contribution is 2.44. The second-order valence-electron chi connectivity index (χ2n) is 5.98. The van der Waals surface area contributed by atoms with Gasteiger partial charge in [0.2, 0.25) is 11.6 Å². The summed E-state index contributed by atoms with van der Waals surface area (Å²) in [7, 11) is 0. The van der Waals surface area contributed by atoms with Gasteiger partial charge < -0.3 is 17.9 Å². The summed E-state index contributed by atoms with van der Waals surface area (Å²) in [6.45, 7) is 0. The van der Waals surface area contributed by atoms with Gasteiger partial charge in [0, 0.05) is 11.1 Å². The molecule has 0 unspecified atom stereocenters. The number of carbonyl (C=O) groups is 5. The highest BCUT2D eigenvalue weighted by Gasteiger charge is 2.74. The molecule has 0 bridgehead atoms. The van der Waals surface area contributed by atoms with E-state index in [9.17, 15) is 29.1 Å². The van der Waals surface area contributed by atoms with Crippen molar-refractivity contribution in [1.29, 1.82) is 0 Å². The Kier molecular flexibility index (Phi) is 3.13. The Bertz CT molecular complexity index is 1000. The van der Waals surface area contributed by atoms with E-state index in [1.54, 1.807) is 0 Å². The smallest absolute Gasteiger partial charge is 0.382 e. The lowest BCUT2D eigenvalue weighted by Gasteiger charge is -2.44. The van der Waals surface area contributed by atoms with Gasteiger partial charge in [0.1, 0.15) is 0 Å². The molecule has 7 nitrogen and oxygen atoms in total. The molecule has 1 aliphatic carbocycles. The molecule has 0 fully saturated rings. The minimum absolute atomic E-state index is 0.107. The van der Waals surface area contributed by atoms with E-state index in [1.165, 1.54) is 48.5 Å². The van der Waals surface area contributed by atoms with Gasteiger partial charge in [0.15, 0.2) is 0 Å². The molecule has 8 heteroatoms. The number of hydrogen-bond donors (Lipinski definition) is 1. The quantitative estimate of drug-likeness (QED) is 0.367. The third kappa shape index (κ3) is 1.52. The maximum absolute atomic E-state index is 13.0. The van der Waals surface area contributed by atoms with Crippen LogP contribution in [-0.4, -0.2) is 43.9 Å². The van der Waals surface area contributed by atoms with E-state index >= 15 is 0 Å². The molecule has 0 saturated heterocycles. The normalized spacial score (nSPS) is 19.4. The molecule has 0 spiro atoms. The van der Waals surface area contributed by atoms with Crippen molar-refractivity contribution >= 4 is 42.2 Å². The first-order valence-corrected chi connectivity index (χ1v) is 7.87. The Morgan fingerprint density at radius 1 is 0.769 bits per heavy atom. The van der Waals surface area contributed by atoms with Crippen LogP contribution in [0.1, 0.15) is 41.4 Å².